The quantitative estimate of drug-likeness (QED) is 0.248. The van der Waals surface area contributed by atoms with Crippen LogP contribution in [0, 0.1) is 13.8 Å². The molecule has 0 aliphatic heterocycles. The van der Waals surface area contributed by atoms with E-state index in [0.29, 0.717) is 29.5 Å². The van der Waals surface area contributed by atoms with Gasteiger partial charge in [-0.05, 0) is 84.1 Å². The van der Waals surface area contributed by atoms with Gasteiger partial charge in [0, 0.05) is 28.0 Å². The molecule has 6 rings (SSSR count). The van der Waals surface area contributed by atoms with E-state index >= 15 is 0 Å². The molecule has 1 aliphatic carbocycles. The van der Waals surface area contributed by atoms with Crippen LogP contribution >= 0.6 is 11.6 Å². The normalized spacial score (nSPS) is 15.0. The highest BCUT2D eigenvalue weighted by molar-refractivity contribution is 6.31. The Morgan fingerprint density at radius 1 is 1.10 bits per heavy atom. The molecule has 1 saturated carbocycles. The van der Waals surface area contributed by atoms with Gasteiger partial charge in [-0.3, -0.25) is 9.69 Å². The van der Waals surface area contributed by atoms with Gasteiger partial charge in [0.1, 0.15) is 11.8 Å². The zero-order chi connectivity index (χ0) is 26.9. The number of hydrogen-bond acceptors (Lipinski definition) is 6. The third kappa shape index (κ3) is 5.14. The molecule has 3 aromatic heterocycles. The average Bonchev–Trinajstić information content (AvgIpc) is 3.69. The molecule has 1 unspecified atom stereocenters. The summed E-state index contributed by atoms with van der Waals surface area (Å²) < 4.78 is 7.71. The summed E-state index contributed by atoms with van der Waals surface area (Å²) >= 11 is 6.64. The van der Waals surface area contributed by atoms with Crippen molar-refractivity contribution in [3.63, 3.8) is 0 Å². The molecular formula is C30H31ClN6O2. The lowest BCUT2D eigenvalue weighted by atomic mass is 9.99. The molecule has 1 N–H and O–H groups in total. The summed E-state index contributed by atoms with van der Waals surface area (Å²) in [7, 11) is 0. The van der Waals surface area contributed by atoms with E-state index in [1.54, 1.807) is 6.26 Å². The monoisotopic (exact) mass is 542 g/mol. The maximum atomic E-state index is 13.8. The minimum Gasteiger partial charge on any atom is -0.468 e. The second-order valence-corrected chi connectivity index (χ2v) is 10.9. The number of fused-ring (bicyclic) bond motifs is 1. The third-order valence-electron chi connectivity index (χ3n) is 7.70. The first-order valence-electron chi connectivity index (χ1n) is 13.4. The standard InChI is InChI=1S/C30H31ClN6O2/c1-19-14-20(2)24-16-25(30(38)32-27(24)15-19)28(29-33-34-35-37(29)22-9-4-5-10-22)36(18-23-11-7-13-39-23)17-21-8-3-6-12-26(21)31/h3,6-8,11-16,22,28H,4-5,9-10,17-18H2,1-2H3,(H,32,38). The number of H-pyrrole nitrogens is 1. The van der Waals surface area contributed by atoms with Crippen molar-refractivity contribution >= 4 is 22.5 Å². The Labute approximate surface area is 231 Å². The van der Waals surface area contributed by atoms with Crippen LogP contribution in [-0.2, 0) is 13.1 Å². The molecular weight excluding hydrogens is 512 g/mol. The number of aromatic nitrogens is 5. The van der Waals surface area contributed by atoms with Crippen LogP contribution in [0.2, 0.25) is 5.02 Å². The fraction of sp³-hybridized carbons (Fsp3) is 0.333. The number of furan rings is 1. The van der Waals surface area contributed by atoms with E-state index in [1.807, 2.05) is 60.1 Å². The summed E-state index contributed by atoms with van der Waals surface area (Å²) in [6, 6.07) is 17.4. The van der Waals surface area contributed by atoms with Crippen LogP contribution in [0.5, 0.6) is 0 Å². The number of pyridine rings is 1. The lowest BCUT2D eigenvalue weighted by Gasteiger charge is -2.31. The maximum Gasteiger partial charge on any atom is 0.253 e. The SMILES string of the molecule is Cc1cc(C)c2cc(C(c3nnnn3C3CCCC3)N(Cc3ccco3)Cc3ccccc3Cl)c(=O)[nH]c2c1. The molecule has 200 valence electrons. The summed E-state index contributed by atoms with van der Waals surface area (Å²) in [5.74, 6) is 1.42. The minimum absolute atomic E-state index is 0.165. The summed E-state index contributed by atoms with van der Waals surface area (Å²) in [6.07, 6.45) is 5.97. The van der Waals surface area contributed by atoms with E-state index in [4.69, 9.17) is 16.0 Å². The molecule has 1 fully saturated rings. The number of hydrogen-bond donors (Lipinski definition) is 1. The Morgan fingerprint density at radius 3 is 2.69 bits per heavy atom. The highest BCUT2D eigenvalue weighted by Gasteiger charge is 2.34. The van der Waals surface area contributed by atoms with Crippen LogP contribution in [0.25, 0.3) is 10.9 Å². The predicted molar refractivity (Wildman–Crippen MR) is 151 cm³/mol. The number of nitrogens with zero attached hydrogens (tertiary/aromatic N) is 5. The Hall–Kier alpha value is -3.75. The number of aromatic amines is 1. The van der Waals surface area contributed by atoms with E-state index in [2.05, 4.69) is 38.4 Å². The molecule has 8 nitrogen and oxygen atoms in total. The first-order chi connectivity index (χ1) is 19.0. The van der Waals surface area contributed by atoms with Crippen molar-refractivity contribution in [2.24, 2.45) is 0 Å². The van der Waals surface area contributed by atoms with Gasteiger partial charge in [-0.1, -0.05) is 48.7 Å². The highest BCUT2D eigenvalue weighted by Crippen LogP contribution is 2.36. The Balaban J connectivity index is 1.56. The van der Waals surface area contributed by atoms with E-state index in [1.165, 1.54) is 0 Å². The molecule has 0 spiro atoms. The van der Waals surface area contributed by atoms with Gasteiger partial charge >= 0.3 is 0 Å². The van der Waals surface area contributed by atoms with Crippen molar-refractivity contribution < 1.29 is 4.42 Å². The minimum atomic E-state index is -0.546. The van der Waals surface area contributed by atoms with Crippen molar-refractivity contribution in [3.8, 4) is 0 Å². The van der Waals surface area contributed by atoms with Crippen LogP contribution in [0.3, 0.4) is 0 Å². The topological polar surface area (TPSA) is 92.8 Å². The molecule has 5 aromatic rings. The first kappa shape index (κ1) is 25.5. The van der Waals surface area contributed by atoms with Crippen molar-refractivity contribution in [1.29, 1.82) is 0 Å². The molecule has 3 heterocycles. The van der Waals surface area contributed by atoms with E-state index in [-0.39, 0.29) is 11.6 Å². The lowest BCUT2D eigenvalue weighted by molar-refractivity contribution is 0.176. The van der Waals surface area contributed by atoms with Crippen LogP contribution in [-0.4, -0.2) is 30.1 Å². The van der Waals surface area contributed by atoms with E-state index in [0.717, 1.165) is 59.0 Å². The molecule has 1 atom stereocenters. The van der Waals surface area contributed by atoms with Gasteiger partial charge in [-0.15, -0.1) is 5.10 Å². The van der Waals surface area contributed by atoms with E-state index in [9.17, 15) is 4.79 Å². The van der Waals surface area contributed by atoms with Crippen molar-refractivity contribution in [2.75, 3.05) is 0 Å². The first-order valence-corrected chi connectivity index (χ1v) is 13.8. The lowest BCUT2D eigenvalue weighted by Crippen LogP contribution is -2.35. The highest BCUT2D eigenvalue weighted by atomic mass is 35.5. The Bertz CT molecular complexity index is 1650. The van der Waals surface area contributed by atoms with Gasteiger partial charge in [0.15, 0.2) is 5.82 Å². The summed E-state index contributed by atoms with van der Waals surface area (Å²) in [5.41, 5.74) is 4.38. The smallest absolute Gasteiger partial charge is 0.253 e. The maximum absolute atomic E-state index is 13.8. The molecule has 0 radical (unpaired) electrons. The van der Waals surface area contributed by atoms with Gasteiger partial charge in [0.25, 0.3) is 5.56 Å². The van der Waals surface area contributed by atoms with Crippen LogP contribution < -0.4 is 5.56 Å². The molecule has 0 amide bonds. The fourth-order valence-electron chi connectivity index (χ4n) is 5.87. The number of tetrazole rings is 1. The molecule has 1 aliphatic rings. The number of nitrogens with one attached hydrogen (secondary N) is 1. The second kappa shape index (κ2) is 10.8. The van der Waals surface area contributed by atoms with Crippen LogP contribution in [0.1, 0.15) is 71.6 Å². The Morgan fingerprint density at radius 2 is 1.92 bits per heavy atom. The zero-order valence-electron chi connectivity index (χ0n) is 22.1. The summed E-state index contributed by atoms with van der Waals surface area (Å²) in [4.78, 5) is 19.2. The van der Waals surface area contributed by atoms with Gasteiger partial charge < -0.3 is 9.40 Å². The number of rotatable bonds is 8. The summed E-state index contributed by atoms with van der Waals surface area (Å²) in [6.45, 7) is 5.00. The van der Waals surface area contributed by atoms with Gasteiger partial charge in [0.05, 0.1) is 18.8 Å². The van der Waals surface area contributed by atoms with Crippen molar-refractivity contribution in [1.82, 2.24) is 30.1 Å². The molecule has 0 bridgehead atoms. The zero-order valence-corrected chi connectivity index (χ0v) is 22.9. The molecule has 39 heavy (non-hydrogen) atoms. The largest absolute Gasteiger partial charge is 0.468 e. The molecule has 2 aromatic carbocycles. The predicted octanol–water partition coefficient (Wildman–Crippen LogP) is 6.28. The Kier molecular flexibility index (Phi) is 7.06. The van der Waals surface area contributed by atoms with Crippen LogP contribution in [0.15, 0.2) is 70.1 Å². The van der Waals surface area contributed by atoms with Gasteiger partial charge in [-0.25, -0.2) is 4.68 Å². The van der Waals surface area contributed by atoms with Gasteiger partial charge in [0.2, 0.25) is 0 Å². The second-order valence-electron chi connectivity index (χ2n) is 10.5. The van der Waals surface area contributed by atoms with Gasteiger partial charge in [-0.2, -0.15) is 0 Å². The van der Waals surface area contributed by atoms with Crippen LogP contribution in [0.4, 0.5) is 0 Å². The number of halogens is 1. The fourth-order valence-corrected chi connectivity index (χ4v) is 6.06. The van der Waals surface area contributed by atoms with Crippen molar-refractivity contribution in [2.45, 2.75) is 64.7 Å². The molecule has 0 saturated heterocycles. The number of aryl methyl sites for hydroxylation is 2. The third-order valence-corrected chi connectivity index (χ3v) is 8.07. The average molecular weight is 543 g/mol. The van der Waals surface area contributed by atoms with E-state index < -0.39 is 6.04 Å². The summed E-state index contributed by atoms with van der Waals surface area (Å²) in [5, 5.41) is 14.8. The number of benzene rings is 2. The molecule has 9 heteroatoms. The van der Waals surface area contributed by atoms with Crippen molar-refractivity contribution in [3.05, 3.63) is 110 Å².